The summed E-state index contributed by atoms with van der Waals surface area (Å²) in [6.45, 7) is 3.93. The summed E-state index contributed by atoms with van der Waals surface area (Å²) in [7, 11) is 0. The quantitative estimate of drug-likeness (QED) is 0.846. The van der Waals surface area contributed by atoms with E-state index in [4.69, 9.17) is 9.47 Å². The summed E-state index contributed by atoms with van der Waals surface area (Å²) < 4.78 is 13.1. The molecule has 0 aliphatic carbocycles. The fourth-order valence-corrected chi connectivity index (χ4v) is 2.73. The van der Waals surface area contributed by atoms with Gasteiger partial charge >= 0.3 is 0 Å². The van der Waals surface area contributed by atoms with Crippen LogP contribution in [0.5, 0.6) is 5.75 Å². The molecule has 0 bridgehead atoms. The van der Waals surface area contributed by atoms with Gasteiger partial charge in [-0.25, -0.2) is 0 Å². The van der Waals surface area contributed by atoms with Crippen molar-refractivity contribution in [2.24, 2.45) is 0 Å². The second-order valence-corrected chi connectivity index (χ2v) is 6.08. The van der Waals surface area contributed by atoms with E-state index in [1.54, 1.807) is 23.0 Å². The van der Waals surface area contributed by atoms with E-state index >= 15 is 0 Å². The van der Waals surface area contributed by atoms with Crippen molar-refractivity contribution in [3.63, 3.8) is 0 Å². The molecule has 0 unspecified atom stereocenters. The SMILES string of the molecule is C[C@@H](Cn1cccn1)NC(=O)c1cccc(OC[C@H]2CCCO2)c1. The maximum Gasteiger partial charge on any atom is 0.251 e. The maximum absolute atomic E-state index is 12.4. The number of amides is 1. The number of carbonyl (C=O) groups excluding carboxylic acids is 1. The van der Waals surface area contributed by atoms with Crippen LogP contribution in [-0.2, 0) is 11.3 Å². The predicted molar refractivity (Wildman–Crippen MR) is 90.1 cm³/mol. The minimum atomic E-state index is -0.114. The maximum atomic E-state index is 12.4. The second kappa shape index (κ2) is 7.97. The third-order valence-corrected chi connectivity index (χ3v) is 3.95. The minimum absolute atomic E-state index is 0.0196. The first kappa shape index (κ1) is 16.5. The van der Waals surface area contributed by atoms with Crippen LogP contribution in [0.15, 0.2) is 42.7 Å². The van der Waals surface area contributed by atoms with Gasteiger partial charge in [0.25, 0.3) is 5.91 Å². The summed E-state index contributed by atoms with van der Waals surface area (Å²) in [6.07, 6.45) is 5.89. The van der Waals surface area contributed by atoms with Crippen molar-refractivity contribution in [2.75, 3.05) is 13.2 Å². The molecule has 0 saturated carbocycles. The van der Waals surface area contributed by atoms with Crippen molar-refractivity contribution in [1.82, 2.24) is 15.1 Å². The van der Waals surface area contributed by atoms with Crippen molar-refractivity contribution in [2.45, 2.75) is 38.5 Å². The summed E-state index contributed by atoms with van der Waals surface area (Å²) in [5.74, 6) is 0.579. The molecular weight excluding hydrogens is 306 g/mol. The van der Waals surface area contributed by atoms with Crippen molar-refractivity contribution < 1.29 is 14.3 Å². The van der Waals surface area contributed by atoms with Crippen LogP contribution in [0.3, 0.4) is 0 Å². The van der Waals surface area contributed by atoms with E-state index in [0.717, 1.165) is 19.4 Å². The molecule has 128 valence electrons. The van der Waals surface area contributed by atoms with Gasteiger partial charge in [-0.3, -0.25) is 9.48 Å². The molecule has 2 heterocycles. The van der Waals surface area contributed by atoms with Crippen LogP contribution in [0.2, 0.25) is 0 Å². The van der Waals surface area contributed by atoms with Crippen molar-refractivity contribution in [3.05, 3.63) is 48.3 Å². The highest BCUT2D eigenvalue weighted by Crippen LogP contribution is 2.17. The first-order valence-corrected chi connectivity index (χ1v) is 8.33. The molecular formula is C18H23N3O3. The van der Waals surface area contributed by atoms with Crippen molar-refractivity contribution in [1.29, 1.82) is 0 Å². The van der Waals surface area contributed by atoms with Crippen LogP contribution in [0, 0.1) is 0 Å². The van der Waals surface area contributed by atoms with Crippen LogP contribution < -0.4 is 10.1 Å². The number of benzene rings is 1. The molecule has 24 heavy (non-hydrogen) atoms. The lowest BCUT2D eigenvalue weighted by atomic mass is 10.2. The minimum Gasteiger partial charge on any atom is -0.491 e. The van der Waals surface area contributed by atoms with E-state index in [-0.39, 0.29) is 18.1 Å². The van der Waals surface area contributed by atoms with Gasteiger partial charge in [0.2, 0.25) is 0 Å². The molecule has 0 spiro atoms. The number of ether oxygens (including phenoxy) is 2. The molecule has 1 fully saturated rings. The Kier molecular flexibility index (Phi) is 5.48. The zero-order chi connectivity index (χ0) is 16.8. The zero-order valence-corrected chi connectivity index (χ0v) is 13.9. The molecule has 0 radical (unpaired) electrons. The van der Waals surface area contributed by atoms with Crippen molar-refractivity contribution in [3.8, 4) is 5.75 Å². The zero-order valence-electron chi connectivity index (χ0n) is 13.9. The number of rotatable bonds is 7. The fourth-order valence-electron chi connectivity index (χ4n) is 2.73. The second-order valence-electron chi connectivity index (χ2n) is 6.08. The highest BCUT2D eigenvalue weighted by atomic mass is 16.5. The molecule has 1 aliphatic heterocycles. The Bertz CT molecular complexity index is 651. The average molecular weight is 329 g/mol. The first-order valence-electron chi connectivity index (χ1n) is 8.33. The Balaban J connectivity index is 1.53. The van der Waals surface area contributed by atoms with Gasteiger partial charge in [-0.15, -0.1) is 0 Å². The molecule has 1 saturated heterocycles. The van der Waals surface area contributed by atoms with Crippen LogP contribution in [0.25, 0.3) is 0 Å². The highest BCUT2D eigenvalue weighted by molar-refractivity contribution is 5.94. The summed E-state index contributed by atoms with van der Waals surface area (Å²) in [6, 6.07) is 9.09. The Morgan fingerprint density at radius 3 is 3.17 bits per heavy atom. The standard InChI is InChI=1S/C18H23N3O3/c1-14(12-21-9-4-8-19-21)20-18(22)15-5-2-6-16(11-15)24-13-17-7-3-10-23-17/h2,4-6,8-9,11,14,17H,3,7,10,12-13H2,1H3,(H,20,22)/t14-,17+/m0/s1. The molecule has 1 N–H and O–H groups in total. The van der Waals surface area contributed by atoms with Gasteiger partial charge in [0.05, 0.1) is 12.6 Å². The summed E-state index contributed by atoms with van der Waals surface area (Å²) in [5.41, 5.74) is 0.590. The summed E-state index contributed by atoms with van der Waals surface area (Å²) in [5, 5.41) is 7.12. The molecule has 3 rings (SSSR count). The Morgan fingerprint density at radius 1 is 1.50 bits per heavy atom. The highest BCUT2D eigenvalue weighted by Gasteiger charge is 2.16. The van der Waals surface area contributed by atoms with Gasteiger partial charge in [-0.1, -0.05) is 6.07 Å². The monoisotopic (exact) mass is 329 g/mol. The number of hydrogen-bond acceptors (Lipinski definition) is 4. The van der Waals surface area contributed by atoms with Gasteiger partial charge in [0.1, 0.15) is 12.4 Å². The molecule has 6 nitrogen and oxygen atoms in total. The summed E-state index contributed by atoms with van der Waals surface area (Å²) in [4.78, 5) is 12.4. The number of carbonyl (C=O) groups is 1. The number of aromatic nitrogens is 2. The normalized spacial score (nSPS) is 18.3. The average Bonchev–Trinajstić information content (AvgIpc) is 3.26. The van der Waals surface area contributed by atoms with E-state index in [1.807, 2.05) is 31.3 Å². The summed E-state index contributed by atoms with van der Waals surface area (Å²) >= 11 is 0. The van der Waals surface area contributed by atoms with Crippen LogP contribution in [0.1, 0.15) is 30.1 Å². The van der Waals surface area contributed by atoms with Gasteiger partial charge in [-0.05, 0) is 44.0 Å². The van der Waals surface area contributed by atoms with Crippen molar-refractivity contribution >= 4 is 5.91 Å². The Morgan fingerprint density at radius 2 is 2.42 bits per heavy atom. The largest absolute Gasteiger partial charge is 0.491 e. The topological polar surface area (TPSA) is 65.4 Å². The number of hydrogen-bond donors (Lipinski definition) is 1. The number of nitrogens with zero attached hydrogens (tertiary/aromatic N) is 2. The van der Waals surface area contributed by atoms with Gasteiger partial charge < -0.3 is 14.8 Å². The molecule has 6 heteroatoms. The molecule has 2 atom stereocenters. The third-order valence-electron chi connectivity index (χ3n) is 3.95. The molecule has 1 aromatic heterocycles. The Labute approximate surface area is 141 Å². The van der Waals surface area contributed by atoms with E-state index in [1.165, 1.54) is 0 Å². The smallest absolute Gasteiger partial charge is 0.251 e. The first-order chi connectivity index (χ1) is 11.7. The van der Waals surface area contributed by atoms with E-state index in [9.17, 15) is 4.79 Å². The van der Waals surface area contributed by atoms with E-state index in [0.29, 0.717) is 24.5 Å². The lowest BCUT2D eigenvalue weighted by Gasteiger charge is -2.15. The van der Waals surface area contributed by atoms with Crippen LogP contribution in [-0.4, -0.2) is 41.0 Å². The van der Waals surface area contributed by atoms with Gasteiger partial charge in [0.15, 0.2) is 0 Å². The molecule has 1 aromatic carbocycles. The van der Waals surface area contributed by atoms with E-state index < -0.39 is 0 Å². The number of nitrogens with one attached hydrogen (secondary N) is 1. The predicted octanol–water partition coefficient (Wildman–Crippen LogP) is 2.26. The van der Waals surface area contributed by atoms with Crippen LogP contribution in [0.4, 0.5) is 0 Å². The lowest BCUT2D eigenvalue weighted by molar-refractivity contribution is 0.0679. The molecule has 1 amide bonds. The van der Waals surface area contributed by atoms with Gasteiger partial charge in [-0.2, -0.15) is 5.10 Å². The Hall–Kier alpha value is -2.34. The fraction of sp³-hybridized carbons (Fsp3) is 0.444. The molecule has 2 aromatic rings. The van der Waals surface area contributed by atoms with Crippen LogP contribution >= 0.6 is 0 Å². The third kappa shape index (κ3) is 4.58. The lowest BCUT2D eigenvalue weighted by Crippen LogP contribution is -2.35. The van der Waals surface area contributed by atoms with Gasteiger partial charge in [0, 0.05) is 30.6 Å². The van der Waals surface area contributed by atoms with E-state index in [2.05, 4.69) is 10.4 Å². The molecule has 1 aliphatic rings.